The Balaban J connectivity index is 1.36. The lowest BCUT2D eigenvalue weighted by Crippen LogP contribution is -2.31. The number of aromatic nitrogens is 1. The number of rotatable bonds is 11. The predicted octanol–water partition coefficient (Wildman–Crippen LogP) is 5.48. The first kappa shape index (κ1) is 30.5. The number of amides is 4. The van der Waals surface area contributed by atoms with Crippen LogP contribution in [0.3, 0.4) is 0 Å². The molecule has 0 spiro atoms. The molecule has 11 nitrogen and oxygen atoms in total. The van der Waals surface area contributed by atoms with E-state index in [0.29, 0.717) is 22.7 Å². The molecule has 0 saturated heterocycles. The smallest absolute Gasteiger partial charge is 0.326 e. The van der Waals surface area contributed by atoms with Gasteiger partial charge in [-0.2, -0.15) is 0 Å². The molecule has 4 rings (SSSR count). The summed E-state index contributed by atoms with van der Waals surface area (Å²) in [5, 5.41) is 21.4. The molecule has 4 aromatic rings. The van der Waals surface area contributed by atoms with Gasteiger partial charge in [0, 0.05) is 36.6 Å². The average Bonchev–Trinajstić information content (AvgIpc) is 3.42. The Labute approximate surface area is 248 Å². The average molecular weight is 584 g/mol. The highest BCUT2D eigenvalue weighted by Gasteiger charge is 2.20. The molecule has 3 aromatic carbocycles. The highest BCUT2D eigenvalue weighted by molar-refractivity contribution is 6.01. The number of carbonyl (C=O) groups is 4. The Bertz CT molecular complexity index is 1610. The van der Waals surface area contributed by atoms with E-state index in [2.05, 4.69) is 21.1 Å². The number of carboxylic acids is 1. The molecular formula is C32H33N5O6. The van der Waals surface area contributed by atoms with Crippen molar-refractivity contribution in [1.82, 2.24) is 10.5 Å². The lowest BCUT2D eigenvalue weighted by Gasteiger charge is -2.20. The van der Waals surface area contributed by atoms with Crippen molar-refractivity contribution < 1.29 is 28.8 Å². The molecule has 1 atom stereocenters. The Morgan fingerprint density at radius 2 is 1.65 bits per heavy atom. The molecule has 0 aliphatic rings. The van der Waals surface area contributed by atoms with Crippen molar-refractivity contribution in [3.8, 4) is 0 Å². The second-order valence-corrected chi connectivity index (χ2v) is 10.1. The van der Waals surface area contributed by atoms with E-state index >= 15 is 0 Å². The van der Waals surface area contributed by atoms with Crippen LogP contribution in [0, 0.1) is 13.8 Å². The van der Waals surface area contributed by atoms with Crippen molar-refractivity contribution in [3.05, 3.63) is 107 Å². The van der Waals surface area contributed by atoms with Gasteiger partial charge in [0.25, 0.3) is 5.91 Å². The Morgan fingerprint density at radius 1 is 0.907 bits per heavy atom. The van der Waals surface area contributed by atoms with Crippen LogP contribution in [0.1, 0.15) is 51.8 Å². The van der Waals surface area contributed by atoms with Gasteiger partial charge in [0.1, 0.15) is 5.76 Å². The number of nitrogens with zero attached hydrogens (tertiary/aromatic N) is 2. The van der Waals surface area contributed by atoms with Gasteiger partial charge in [-0.1, -0.05) is 47.6 Å². The van der Waals surface area contributed by atoms with Crippen LogP contribution in [0.25, 0.3) is 0 Å². The van der Waals surface area contributed by atoms with E-state index in [1.54, 1.807) is 62.5 Å². The van der Waals surface area contributed by atoms with Crippen molar-refractivity contribution in [3.63, 3.8) is 0 Å². The number of urea groups is 1. The fourth-order valence-corrected chi connectivity index (χ4v) is 4.48. The van der Waals surface area contributed by atoms with E-state index in [-0.39, 0.29) is 36.9 Å². The molecule has 4 N–H and O–H groups in total. The third-order valence-corrected chi connectivity index (χ3v) is 6.74. The van der Waals surface area contributed by atoms with Crippen LogP contribution >= 0.6 is 0 Å². The van der Waals surface area contributed by atoms with Crippen molar-refractivity contribution in [2.24, 2.45) is 0 Å². The van der Waals surface area contributed by atoms with Gasteiger partial charge in [0.2, 0.25) is 5.91 Å². The monoisotopic (exact) mass is 583 g/mol. The molecule has 222 valence electrons. The van der Waals surface area contributed by atoms with E-state index in [9.17, 15) is 24.3 Å². The molecule has 1 heterocycles. The van der Waals surface area contributed by atoms with Gasteiger partial charge in [-0.3, -0.25) is 19.3 Å². The van der Waals surface area contributed by atoms with Crippen LogP contribution < -0.4 is 20.9 Å². The van der Waals surface area contributed by atoms with E-state index in [0.717, 1.165) is 16.8 Å². The predicted molar refractivity (Wildman–Crippen MR) is 162 cm³/mol. The highest BCUT2D eigenvalue weighted by atomic mass is 16.5. The van der Waals surface area contributed by atoms with Crippen molar-refractivity contribution in [2.75, 3.05) is 22.6 Å². The number of carboxylic acid groups (broad SMARTS) is 1. The molecular weight excluding hydrogens is 550 g/mol. The largest absolute Gasteiger partial charge is 0.481 e. The fraction of sp³-hybridized carbons (Fsp3) is 0.219. The molecule has 0 aliphatic heterocycles. The minimum absolute atomic E-state index is 0.0891. The van der Waals surface area contributed by atoms with E-state index in [1.807, 2.05) is 31.2 Å². The maximum absolute atomic E-state index is 12.8. The normalized spacial score (nSPS) is 11.3. The van der Waals surface area contributed by atoms with Crippen LogP contribution in [0.2, 0.25) is 0 Å². The van der Waals surface area contributed by atoms with Crippen LogP contribution in [-0.4, -0.2) is 41.1 Å². The standard InChI is InChI=1S/C32H33N5O6/c1-20-7-4-5-10-28(20)37(3)32(42)34-24-13-11-22(12-14-24)18-29(38)33-25-9-6-8-23(19-25)26(15-16-30(39)40)35-31(41)27-17-21(2)43-36-27/h4-14,17,19,26H,15-16,18H2,1-3H3,(H,33,38)(H,34,42)(H,35,41)(H,39,40). The van der Waals surface area contributed by atoms with E-state index < -0.39 is 17.9 Å². The van der Waals surface area contributed by atoms with Crippen molar-refractivity contribution in [2.45, 2.75) is 39.2 Å². The Morgan fingerprint density at radius 3 is 2.33 bits per heavy atom. The SMILES string of the molecule is Cc1cc(C(=O)NC(CCC(=O)O)c2cccc(NC(=O)Cc3ccc(NC(=O)N(C)c4ccccc4C)cc3)c2)no1. The maximum Gasteiger partial charge on any atom is 0.326 e. The molecule has 0 aliphatic carbocycles. The molecule has 0 saturated carbocycles. The summed E-state index contributed by atoms with van der Waals surface area (Å²) >= 11 is 0. The summed E-state index contributed by atoms with van der Waals surface area (Å²) in [7, 11) is 1.70. The lowest BCUT2D eigenvalue weighted by atomic mass is 10.0. The molecule has 0 fully saturated rings. The minimum atomic E-state index is -0.995. The molecule has 43 heavy (non-hydrogen) atoms. The number of benzene rings is 3. The van der Waals surface area contributed by atoms with Gasteiger partial charge >= 0.3 is 12.0 Å². The molecule has 11 heteroatoms. The maximum atomic E-state index is 12.8. The molecule has 0 radical (unpaired) electrons. The van der Waals surface area contributed by atoms with Gasteiger partial charge in [0.15, 0.2) is 5.69 Å². The van der Waals surface area contributed by atoms with Gasteiger partial charge in [0.05, 0.1) is 12.5 Å². The number of hydrogen-bond acceptors (Lipinski definition) is 6. The Kier molecular flexibility index (Phi) is 9.89. The third kappa shape index (κ3) is 8.52. The summed E-state index contributed by atoms with van der Waals surface area (Å²) in [5.74, 6) is -1.28. The van der Waals surface area contributed by atoms with Crippen molar-refractivity contribution >= 4 is 40.9 Å². The minimum Gasteiger partial charge on any atom is -0.481 e. The number of nitrogens with one attached hydrogen (secondary N) is 3. The second-order valence-electron chi connectivity index (χ2n) is 10.1. The summed E-state index contributed by atoms with van der Waals surface area (Å²) in [5.41, 5.74) is 4.34. The molecule has 4 amide bonds. The highest BCUT2D eigenvalue weighted by Crippen LogP contribution is 2.23. The lowest BCUT2D eigenvalue weighted by molar-refractivity contribution is -0.137. The first-order valence-corrected chi connectivity index (χ1v) is 13.6. The zero-order chi connectivity index (χ0) is 30.9. The fourth-order valence-electron chi connectivity index (χ4n) is 4.48. The quantitative estimate of drug-likeness (QED) is 0.182. The topological polar surface area (TPSA) is 154 Å². The van der Waals surface area contributed by atoms with Crippen LogP contribution in [0.4, 0.5) is 21.9 Å². The number of hydrogen-bond donors (Lipinski definition) is 4. The summed E-state index contributed by atoms with van der Waals surface area (Å²) in [4.78, 5) is 51.0. The second kappa shape index (κ2) is 13.9. The molecule has 0 bridgehead atoms. The number of carbonyl (C=O) groups excluding carboxylic acids is 3. The summed E-state index contributed by atoms with van der Waals surface area (Å²) < 4.78 is 4.96. The zero-order valence-electron chi connectivity index (χ0n) is 24.1. The summed E-state index contributed by atoms with van der Waals surface area (Å²) in [6.45, 7) is 3.60. The van der Waals surface area contributed by atoms with E-state index in [1.165, 1.54) is 11.0 Å². The van der Waals surface area contributed by atoms with Gasteiger partial charge in [-0.25, -0.2) is 4.79 Å². The number of para-hydroxylation sites is 1. The first-order valence-electron chi connectivity index (χ1n) is 13.6. The Hall–Kier alpha value is -5.45. The molecule has 1 aromatic heterocycles. The molecule has 1 unspecified atom stereocenters. The van der Waals surface area contributed by atoms with Gasteiger partial charge in [-0.15, -0.1) is 0 Å². The van der Waals surface area contributed by atoms with Crippen LogP contribution in [0.5, 0.6) is 0 Å². The zero-order valence-corrected chi connectivity index (χ0v) is 24.1. The van der Waals surface area contributed by atoms with Crippen LogP contribution in [-0.2, 0) is 16.0 Å². The van der Waals surface area contributed by atoms with Crippen LogP contribution in [0.15, 0.2) is 83.4 Å². The summed E-state index contributed by atoms with van der Waals surface area (Å²) in [6.07, 6.45) is 0.0587. The van der Waals surface area contributed by atoms with E-state index in [4.69, 9.17) is 4.52 Å². The third-order valence-electron chi connectivity index (χ3n) is 6.74. The number of aliphatic carboxylic acids is 1. The number of aryl methyl sites for hydroxylation is 2. The first-order chi connectivity index (χ1) is 20.6. The summed E-state index contributed by atoms with van der Waals surface area (Å²) in [6, 6.07) is 22.0. The van der Waals surface area contributed by atoms with Gasteiger partial charge in [-0.05, 0) is 67.3 Å². The number of anilines is 3. The van der Waals surface area contributed by atoms with Crippen molar-refractivity contribution in [1.29, 1.82) is 0 Å². The van der Waals surface area contributed by atoms with Gasteiger partial charge < -0.3 is 25.6 Å².